The molecule has 2 N–H and O–H groups in total. The van der Waals surface area contributed by atoms with Crippen molar-refractivity contribution in [3.63, 3.8) is 0 Å². The van der Waals surface area contributed by atoms with E-state index in [1.165, 1.54) is 29.6 Å². The molecule has 96 valence electrons. The molecule has 1 unspecified atom stereocenters. The minimum Gasteiger partial charge on any atom is -0.329 e. The molecular weight excluding hydrogens is 283 g/mol. The number of sulfonamides is 1. The van der Waals surface area contributed by atoms with Gasteiger partial charge in [-0.25, -0.2) is 8.42 Å². The number of benzene rings is 1. The van der Waals surface area contributed by atoms with Gasteiger partial charge in [0.2, 0.25) is 10.0 Å². The van der Waals surface area contributed by atoms with Crippen LogP contribution >= 0.6 is 23.2 Å². The number of hydrogen-bond donors (Lipinski definition) is 1. The summed E-state index contributed by atoms with van der Waals surface area (Å²) in [4.78, 5) is 0.0674. The minimum absolute atomic E-state index is 0.0674. The SMILES string of the molecule is CC(CN)N(C)S(=O)(=O)c1cc(Cl)cc(Cl)c1. The Morgan fingerprint density at radius 1 is 1.29 bits per heavy atom. The summed E-state index contributed by atoms with van der Waals surface area (Å²) in [5.74, 6) is 0. The molecule has 0 radical (unpaired) electrons. The van der Waals surface area contributed by atoms with Crippen molar-refractivity contribution >= 4 is 33.2 Å². The van der Waals surface area contributed by atoms with Crippen LogP contribution in [-0.2, 0) is 10.0 Å². The molecule has 1 atom stereocenters. The van der Waals surface area contributed by atoms with Gasteiger partial charge in [-0.3, -0.25) is 0 Å². The third-order valence-corrected chi connectivity index (χ3v) is 4.86. The van der Waals surface area contributed by atoms with Gasteiger partial charge in [-0.15, -0.1) is 0 Å². The predicted molar refractivity (Wildman–Crippen MR) is 69.9 cm³/mol. The Morgan fingerprint density at radius 3 is 2.18 bits per heavy atom. The third-order valence-electron chi connectivity index (χ3n) is 2.47. The normalized spacial score (nSPS) is 14.0. The summed E-state index contributed by atoms with van der Waals surface area (Å²) >= 11 is 11.6. The Kier molecular flexibility index (Phi) is 4.80. The first-order valence-electron chi connectivity index (χ1n) is 4.93. The topological polar surface area (TPSA) is 63.4 Å². The van der Waals surface area contributed by atoms with Crippen molar-refractivity contribution in [1.29, 1.82) is 0 Å². The van der Waals surface area contributed by atoms with Gasteiger partial charge >= 0.3 is 0 Å². The quantitative estimate of drug-likeness (QED) is 0.924. The Balaban J connectivity index is 3.22. The van der Waals surface area contributed by atoms with Crippen LogP contribution in [0.4, 0.5) is 0 Å². The maximum atomic E-state index is 12.2. The Morgan fingerprint density at radius 2 is 1.76 bits per heavy atom. The standard InChI is InChI=1S/C10H14Cl2N2O2S/c1-7(6-13)14(2)17(15,16)10-4-8(11)3-9(12)5-10/h3-5,7H,6,13H2,1-2H3. The van der Waals surface area contributed by atoms with Crippen molar-refractivity contribution in [2.24, 2.45) is 5.73 Å². The first-order chi connectivity index (χ1) is 7.78. The fourth-order valence-corrected chi connectivity index (χ4v) is 3.33. The summed E-state index contributed by atoms with van der Waals surface area (Å²) in [6, 6.07) is 3.91. The molecule has 0 saturated carbocycles. The molecule has 0 heterocycles. The lowest BCUT2D eigenvalue weighted by molar-refractivity contribution is 0.394. The summed E-state index contributed by atoms with van der Waals surface area (Å²) in [7, 11) is -2.14. The van der Waals surface area contributed by atoms with E-state index < -0.39 is 10.0 Å². The number of nitrogens with two attached hydrogens (primary N) is 1. The molecule has 1 rings (SSSR count). The Hall–Kier alpha value is -0.330. The van der Waals surface area contributed by atoms with Gasteiger partial charge in [-0.2, -0.15) is 4.31 Å². The van der Waals surface area contributed by atoms with Gasteiger partial charge in [-0.1, -0.05) is 23.2 Å². The van der Waals surface area contributed by atoms with Crippen LogP contribution in [0.1, 0.15) is 6.92 Å². The molecule has 4 nitrogen and oxygen atoms in total. The maximum Gasteiger partial charge on any atom is 0.243 e. The van der Waals surface area contributed by atoms with Crippen molar-refractivity contribution in [3.05, 3.63) is 28.2 Å². The third kappa shape index (κ3) is 3.33. The van der Waals surface area contributed by atoms with Crippen molar-refractivity contribution in [1.82, 2.24) is 4.31 Å². The lowest BCUT2D eigenvalue weighted by Crippen LogP contribution is -2.39. The molecule has 0 aliphatic carbocycles. The molecule has 0 amide bonds. The highest BCUT2D eigenvalue weighted by Crippen LogP contribution is 2.24. The second-order valence-corrected chi connectivity index (χ2v) is 6.58. The number of rotatable bonds is 4. The van der Waals surface area contributed by atoms with E-state index in [1.807, 2.05) is 0 Å². The molecule has 7 heteroatoms. The summed E-state index contributed by atoms with van der Waals surface area (Å²) in [5, 5.41) is 0.565. The molecule has 0 aliphatic heterocycles. The lowest BCUT2D eigenvalue weighted by atomic mass is 10.4. The van der Waals surface area contributed by atoms with Crippen molar-refractivity contribution in [2.75, 3.05) is 13.6 Å². The van der Waals surface area contributed by atoms with Crippen molar-refractivity contribution in [2.45, 2.75) is 17.9 Å². The second-order valence-electron chi connectivity index (χ2n) is 3.71. The largest absolute Gasteiger partial charge is 0.329 e. The van der Waals surface area contributed by atoms with E-state index in [1.54, 1.807) is 6.92 Å². The fraction of sp³-hybridized carbons (Fsp3) is 0.400. The molecule has 0 aliphatic rings. The zero-order valence-electron chi connectivity index (χ0n) is 9.52. The van der Waals surface area contributed by atoms with Gasteiger partial charge in [0.15, 0.2) is 0 Å². The molecule has 0 fully saturated rings. The summed E-state index contributed by atoms with van der Waals surface area (Å²) < 4.78 is 25.6. The number of likely N-dealkylation sites (N-methyl/N-ethyl adjacent to an activating group) is 1. The van der Waals surface area contributed by atoms with Gasteiger partial charge in [0.1, 0.15) is 0 Å². The second kappa shape index (κ2) is 5.54. The Labute approximate surface area is 111 Å². The highest BCUT2D eigenvalue weighted by Gasteiger charge is 2.25. The van der Waals surface area contributed by atoms with Crippen LogP contribution in [-0.4, -0.2) is 32.4 Å². The zero-order chi connectivity index (χ0) is 13.2. The van der Waals surface area contributed by atoms with Crippen LogP contribution in [0.3, 0.4) is 0 Å². The van der Waals surface area contributed by atoms with Crippen LogP contribution in [0.25, 0.3) is 0 Å². The monoisotopic (exact) mass is 296 g/mol. The number of nitrogens with zero attached hydrogens (tertiary/aromatic N) is 1. The molecule has 0 spiro atoms. The molecule has 17 heavy (non-hydrogen) atoms. The molecule has 0 aromatic heterocycles. The average Bonchev–Trinajstić information content (AvgIpc) is 2.25. The van der Waals surface area contributed by atoms with Gasteiger partial charge in [0, 0.05) is 29.7 Å². The van der Waals surface area contributed by atoms with Crippen LogP contribution in [0, 0.1) is 0 Å². The van der Waals surface area contributed by atoms with E-state index >= 15 is 0 Å². The lowest BCUT2D eigenvalue weighted by Gasteiger charge is -2.23. The zero-order valence-corrected chi connectivity index (χ0v) is 11.9. The van der Waals surface area contributed by atoms with E-state index in [2.05, 4.69) is 0 Å². The van der Waals surface area contributed by atoms with Crippen LogP contribution in [0.15, 0.2) is 23.1 Å². The fourth-order valence-electron chi connectivity index (χ4n) is 1.23. The highest BCUT2D eigenvalue weighted by atomic mass is 35.5. The first kappa shape index (κ1) is 14.7. The van der Waals surface area contributed by atoms with Gasteiger partial charge < -0.3 is 5.73 Å². The first-order valence-corrected chi connectivity index (χ1v) is 7.13. The smallest absolute Gasteiger partial charge is 0.243 e. The van der Waals surface area contributed by atoms with E-state index in [-0.39, 0.29) is 27.5 Å². The van der Waals surface area contributed by atoms with Crippen molar-refractivity contribution in [3.8, 4) is 0 Å². The van der Waals surface area contributed by atoms with Crippen LogP contribution < -0.4 is 5.73 Å². The summed E-state index contributed by atoms with van der Waals surface area (Å²) in [5.41, 5.74) is 5.45. The van der Waals surface area contributed by atoms with Crippen LogP contribution in [0.2, 0.25) is 10.0 Å². The van der Waals surface area contributed by atoms with Gasteiger partial charge in [-0.05, 0) is 25.1 Å². The van der Waals surface area contributed by atoms with E-state index in [0.717, 1.165) is 0 Å². The minimum atomic E-state index is -3.61. The molecule has 0 saturated heterocycles. The molecule has 1 aromatic carbocycles. The average molecular weight is 297 g/mol. The Bertz CT molecular complexity index is 485. The molecule has 1 aromatic rings. The molecular formula is C10H14Cl2N2O2S. The van der Waals surface area contributed by atoms with Gasteiger partial charge in [0.25, 0.3) is 0 Å². The summed E-state index contributed by atoms with van der Waals surface area (Å²) in [6.07, 6.45) is 0. The predicted octanol–water partition coefficient (Wildman–Crippen LogP) is 1.96. The summed E-state index contributed by atoms with van der Waals surface area (Å²) in [6.45, 7) is 1.97. The molecule has 0 bridgehead atoms. The van der Waals surface area contributed by atoms with Gasteiger partial charge in [0.05, 0.1) is 4.90 Å². The van der Waals surface area contributed by atoms with E-state index in [9.17, 15) is 8.42 Å². The number of hydrogen-bond acceptors (Lipinski definition) is 3. The van der Waals surface area contributed by atoms with E-state index in [4.69, 9.17) is 28.9 Å². The maximum absolute atomic E-state index is 12.2. The number of halogens is 2. The van der Waals surface area contributed by atoms with Crippen LogP contribution in [0.5, 0.6) is 0 Å². The van der Waals surface area contributed by atoms with Crippen molar-refractivity contribution < 1.29 is 8.42 Å². The highest BCUT2D eigenvalue weighted by molar-refractivity contribution is 7.89. The van der Waals surface area contributed by atoms with E-state index in [0.29, 0.717) is 0 Å².